The zero-order chi connectivity index (χ0) is 14.5. The Morgan fingerprint density at radius 3 is 2.71 bits per heavy atom. The van der Waals surface area contributed by atoms with Crippen molar-refractivity contribution in [1.29, 1.82) is 0 Å². The Morgan fingerprint density at radius 1 is 1.29 bits per heavy atom. The lowest BCUT2D eigenvalue weighted by molar-refractivity contribution is 0.235. The van der Waals surface area contributed by atoms with Gasteiger partial charge in [-0.2, -0.15) is 11.8 Å². The van der Waals surface area contributed by atoms with E-state index in [0.29, 0.717) is 0 Å². The maximum atomic E-state index is 4.65. The van der Waals surface area contributed by atoms with Gasteiger partial charge in [0.05, 0.1) is 6.54 Å². The SMILES string of the molecule is C=CCSCCNC(=NCCN1CCCCC1)NCC.I. The van der Waals surface area contributed by atoms with Crippen LogP contribution in [0.25, 0.3) is 0 Å². The van der Waals surface area contributed by atoms with Crippen LogP contribution in [0.2, 0.25) is 0 Å². The van der Waals surface area contributed by atoms with Crippen molar-refractivity contribution in [3.05, 3.63) is 12.7 Å². The van der Waals surface area contributed by atoms with Gasteiger partial charge in [0.2, 0.25) is 0 Å². The summed E-state index contributed by atoms with van der Waals surface area (Å²) < 4.78 is 0. The van der Waals surface area contributed by atoms with Crippen molar-refractivity contribution in [3.63, 3.8) is 0 Å². The number of rotatable bonds is 9. The van der Waals surface area contributed by atoms with E-state index in [1.165, 1.54) is 32.4 Å². The molecule has 0 aromatic carbocycles. The third kappa shape index (κ3) is 11.3. The number of nitrogens with one attached hydrogen (secondary N) is 2. The Kier molecular flexibility index (Phi) is 15.0. The van der Waals surface area contributed by atoms with E-state index in [2.05, 4.69) is 34.0 Å². The fourth-order valence-corrected chi connectivity index (χ4v) is 2.82. The van der Waals surface area contributed by atoms with Crippen LogP contribution in [0.1, 0.15) is 26.2 Å². The van der Waals surface area contributed by atoms with Crippen LogP contribution in [0.3, 0.4) is 0 Å². The molecule has 21 heavy (non-hydrogen) atoms. The second-order valence-corrected chi connectivity index (χ2v) is 6.10. The van der Waals surface area contributed by atoms with Crippen molar-refractivity contribution in [3.8, 4) is 0 Å². The predicted octanol–water partition coefficient (Wildman–Crippen LogP) is 2.56. The number of likely N-dealkylation sites (tertiary alicyclic amines) is 1. The van der Waals surface area contributed by atoms with Gasteiger partial charge in [-0.15, -0.1) is 30.6 Å². The van der Waals surface area contributed by atoms with Gasteiger partial charge >= 0.3 is 0 Å². The number of nitrogens with zero attached hydrogens (tertiary/aromatic N) is 2. The highest BCUT2D eigenvalue weighted by Crippen LogP contribution is 2.07. The van der Waals surface area contributed by atoms with Gasteiger partial charge in [0, 0.05) is 31.1 Å². The summed E-state index contributed by atoms with van der Waals surface area (Å²) >= 11 is 1.89. The van der Waals surface area contributed by atoms with Crippen molar-refractivity contribution in [2.75, 3.05) is 50.8 Å². The molecule has 1 aliphatic rings. The lowest BCUT2D eigenvalue weighted by Crippen LogP contribution is -2.39. The first kappa shape index (κ1) is 21.0. The van der Waals surface area contributed by atoms with Crippen molar-refractivity contribution >= 4 is 41.7 Å². The molecule has 4 nitrogen and oxygen atoms in total. The Morgan fingerprint density at radius 2 is 2.05 bits per heavy atom. The lowest BCUT2D eigenvalue weighted by Gasteiger charge is -2.25. The highest BCUT2D eigenvalue weighted by atomic mass is 127. The first-order valence-corrected chi connectivity index (χ1v) is 8.95. The molecule has 1 saturated heterocycles. The fraction of sp³-hybridized carbons (Fsp3) is 0.800. The first-order valence-electron chi connectivity index (χ1n) is 7.80. The van der Waals surface area contributed by atoms with Gasteiger partial charge in [-0.05, 0) is 32.9 Å². The number of aliphatic imine (C=N–C) groups is 1. The standard InChI is InChI=1S/C15H30N4S.HI/c1-3-13-20-14-9-18-15(16-4-2)17-8-12-19-10-6-5-7-11-19;/h3H,1,4-14H2,2H3,(H2,16,17,18);1H. The van der Waals surface area contributed by atoms with Gasteiger partial charge in [0.15, 0.2) is 5.96 Å². The van der Waals surface area contributed by atoms with E-state index in [9.17, 15) is 0 Å². The fourth-order valence-electron chi connectivity index (χ4n) is 2.24. The molecular formula is C15H31IN4S. The number of hydrogen-bond acceptors (Lipinski definition) is 3. The highest BCUT2D eigenvalue weighted by Gasteiger charge is 2.08. The van der Waals surface area contributed by atoms with Gasteiger partial charge in [0.25, 0.3) is 0 Å². The van der Waals surface area contributed by atoms with Gasteiger partial charge in [-0.3, -0.25) is 4.99 Å². The Hall–Kier alpha value is 0.0500. The van der Waals surface area contributed by atoms with E-state index in [1.54, 1.807) is 0 Å². The quantitative estimate of drug-likeness (QED) is 0.196. The van der Waals surface area contributed by atoms with Crippen LogP contribution in [0.5, 0.6) is 0 Å². The number of thioether (sulfide) groups is 1. The van der Waals surface area contributed by atoms with E-state index < -0.39 is 0 Å². The molecule has 0 spiro atoms. The third-order valence-corrected chi connectivity index (χ3v) is 4.22. The molecule has 0 radical (unpaired) electrons. The summed E-state index contributed by atoms with van der Waals surface area (Å²) in [6, 6.07) is 0. The molecule has 2 N–H and O–H groups in total. The minimum Gasteiger partial charge on any atom is -0.357 e. The molecular weight excluding hydrogens is 395 g/mol. The molecule has 124 valence electrons. The lowest BCUT2D eigenvalue weighted by atomic mass is 10.1. The summed E-state index contributed by atoms with van der Waals surface area (Å²) in [5, 5.41) is 6.68. The Bertz CT molecular complexity index is 281. The molecule has 0 saturated carbocycles. The summed E-state index contributed by atoms with van der Waals surface area (Å²) in [4.78, 5) is 7.17. The molecule has 0 aliphatic carbocycles. The van der Waals surface area contributed by atoms with E-state index in [1.807, 2.05) is 17.8 Å². The van der Waals surface area contributed by atoms with Gasteiger partial charge < -0.3 is 15.5 Å². The molecule has 0 aromatic rings. The molecule has 6 heteroatoms. The monoisotopic (exact) mass is 426 g/mol. The molecule has 0 aromatic heterocycles. The molecule has 1 rings (SSSR count). The molecule has 0 bridgehead atoms. The van der Waals surface area contributed by atoms with Gasteiger partial charge in [-0.1, -0.05) is 12.5 Å². The van der Waals surface area contributed by atoms with E-state index in [0.717, 1.165) is 43.6 Å². The van der Waals surface area contributed by atoms with Crippen LogP contribution >= 0.6 is 35.7 Å². The zero-order valence-electron chi connectivity index (χ0n) is 13.3. The maximum absolute atomic E-state index is 4.65. The predicted molar refractivity (Wildman–Crippen MR) is 107 cm³/mol. The van der Waals surface area contributed by atoms with Gasteiger partial charge in [-0.25, -0.2) is 0 Å². The van der Waals surface area contributed by atoms with Crippen LogP contribution in [0, 0.1) is 0 Å². The van der Waals surface area contributed by atoms with Crippen molar-refractivity contribution < 1.29 is 0 Å². The number of piperidine rings is 1. The van der Waals surface area contributed by atoms with Crippen molar-refractivity contribution in [1.82, 2.24) is 15.5 Å². The first-order chi connectivity index (χ1) is 9.86. The van der Waals surface area contributed by atoms with Crippen molar-refractivity contribution in [2.24, 2.45) is 4.99 Å². The second-order valence-electron chi connectivity index (χ2n) is 4.95. The highest BCUT2D eigenvalue weighted by molar-refractivity contribution is 14.0. The summed E-state index contributed by atoms with van der Waals surface area (Å²) in [5.41, 5.74) is 0. The minimum absolute atomic E-state index is 0. The molecule has 0 unspecified atom stereocenters. The Balaban J connectivity index is 0.00000400. The number of guanidine groups is 1. The van der Waals surface area contributed by atoms with E-state index in [4.69, 9.17) is 0 Å². The van der Waals surface area contributed by atoms with Crippen LogP contribution in [-0.4, -0.2) is 61.6 Å². The maximum Gasteiger partial charge on any atom is 0.191 e. The average molecular weight is 426 g/mol. The van der Waals surface area contributed by atoms with E-state index in [-0.39, 0.29) is 24.0 Å². The molecule has 0 atom stereocenters. The molecule has 0 amide bonds. The number of halogens is 1. The summed E-state index contributed by atoms with van der Waals surface area (Å²) in [5.74, 6) is 3.05. The second kappa shape index (κ2) is 15.0. The summed E-state index contributed by atoms with van der Waals surface area (Å²) in [7, 11) is 0. The molecule has 1 heterocycles. The van der Waals surface area contributed by atoms with Crippen LogP contribution in [0.4, 0.5) is 0 Å². The third-order valence-electron chi connectivity index (χ3n) is 3.25. The van der Waals surface area contributed by atoms with E-state index >= 15 is 0 Å². The topological polar surface area (TPSA) is 39.7 Å². The largest absolute Gasteiger partial charge is 0.357 e. The van der Waals surface area contributed by atoms with Crippen molar-refractivity contribution in [2.45, 2.75) is 26.2 Å². The summed E-state index contributed by atoms with van der Waals surface area (Å²) in [6.45, 7) is 12.2. The van der Waals surface area contributed by atoms with Gasteiger partial charge in [0.1, 0.15) is 0 Å². The van der Waals surface area contributed by atoms with Crippen LogP contribution in [-0.2, 0) is 0 Å². The molecule has 1 aliphatic heterocycles. The normalized spacial score (nSPS) is 16.1. The Labute approximate surface area is 151 Å². The summed E-state index contributed by atoms with van der Waals surface area (Å²) in [6.07, 6.45) is 6.04. The zero-order valence-corrected chi connectivity index (χ0v) is 16.4. The van der Waals surface area contributed by atoms with Crippen LogP contribution in [0.15, 0.2) is 17.6 Å². The number of hydrogen-bond donors (Lipinski definition) is 2. The smallest absolute Gasteiger partial charge is 0.191 e. The van der Waals surface area contributed by atoms with Crippen LogP contribution < -0.4 is 10.6 Å². The minimum atomic E-state index is 0. The average Bonchev–Trinajstić information content (AvgIpc) is 2.48. The molecule has 1 fully saturated rings.